The molecule has 0 fully saturated rings. The summed E-state index contributed by atoms with van der Waals surface area (Å²) in [6, 6.07) is -1.69. The molecule has 0 saturated heterocycles. The molecule has 35 heavy (non-hydrogen) atoms. The first-order valence-electron chi connectivity index (χ1n) is 11.8. The Kier molecular flexibility index (Phi) is 10.2. The fourth-order valence-electron chi connectivity index (χ4n) is 5.13. The van der Waals surface area contributed by atoms with Gasteiger partial charge in [0.25, 0.3) is 0 Å². The monoisotopic (exact) mass is 510 g/mol. The third-order valence-corrected chi connectivity index (χ3v) is 7.09. The Hall–Kier alpha value is -2.04. The molecular weight excluding hydrogens is 480 g/mol. The maximum absolute atomic E-state index is 12.0. The maximum atomic E-state index is 12.0. The summed E-state index contributed by atoms with van der Waals surface area (Å²) in [4.78, 5) is 52.9. The van der Waals surface area contributed by atoms with E-state index in [0.29, 0.717) is 12.8 Å². The summed E-state index contributed by atoms with van der Waals surface area (Å²) < 4.78 is 0. The SMILES string of the molecule is CCC1(C2=CCCCC2)C(=O)NC(=O)N=C1[O-].CCC1(C2=CCCCC2)C(=O)NC(=O)N=C1[O-].[Ca+2]. The first kappa shape index (κ1) is 29.2. The van der Waals surface area contributed by atoms with E-state index in [0.717, 1.165) is 62.5 Å². The number of urea groups is 2. The normalized spacial score (nSPS) is 28.6. The molecule has 2 aliphatic heterocycles. The molecule has 0 radical (unpaired) electrons. The number of carbonyl (C=O) groups excluding carboxylic acids is 4. The van der Waals surface area contributed by atoms with Crippen molar-refractivity contribution in [2.45, 2.75) is 78.1 Å². The van der Waals surface area contributed by atoms with Gasteiger partial charge in [-0.2, -0.15) is 0 Å². The molecule has 10 nitrogen and oxygen atoms in total. The van der Waals surface area contributed by atoms with Crippen molar-refractivity contribution in [3.05, 3.63) is 23.3 Å². The molecule has 2 N–H and O–H groups in total. The number of hydrogen-bond acceptors (Lipinski definition) is 6. The van der Waals surface area contributed by atoms with Gasteiger partial charge in [-0.15, -0.1) is 0 Å². The zero-order valence-electron chi connectivity index (χ0n) is 20.3. The molecule has 4 aliphatic rings. The Morgan fingerprint density at radius 1 is 0.743 bits per heavy atom. The molecule has 2 atom stereocenters. The van der Waals surface area contributed by atoms with E-state index in [1.165, 1.54) is 0 Å². The predicted molar refractivity (Wildman–Crippen MR) is 126 cm³/mol. The minimum atomic E-state index is -1.23. The standard InChI is InChI=1S/2C12H16N2O3.Ca/c2*1-2-12(8-6-4-3-5-7-8)9(15)13-11(17)14-10(12)16;/h2*6H,2-5,7H2,1H3,(H2,13,14,15,16,17);/q;;+2/p-2. The van der Waals surface area contributed by atoms with Crippen molar-refractivity contribution in [2.75, 3.05) is 0 Å². The molecule has 11 heteroatoms. The average Bonchev–Trinajstić information content (AvgIpc) is 2.81. The van der Waals surface area contributed by atoms with Gasteiger partial charge in [0, 0.05) is 0 Å². The first-order valence-corrected chi connectivity index (χ1v) is 11.8. The summed E-state index contributed by atoms with van der Waals surface area (Å²) >= 11 is 0. The van der Waals surface area contributed by atoms with Crippen LogP contribution in [0.15, 0.2) is 33.3 Å². The van der Waals surface area contributed by atoms with Gasteiger partial charge < -0.3 is 10.2 Å². The summed E-state index contributed by atoms with van der Waals surface area (Å²) in [6.07, 6.45) is 11.9. The van der Waals surface area contributed by atoms with Gasteiger partial charge in [0.05, 0.1) is 10.8 Å². The number of allylic oxidation sites excluding steroid dienone is 2. The van der Waals surface area contributed by atoms with Crippen molar-refractivity contribution < 1.29 is 29.4 Å². The number of aliphatic imine (C=N–C) groups is 2. The fourth-order valence-corrected chi connectivity index (χ4v) is 5.13. The molecule has 0 spiro atoms. The summed E-state index contributed by atoms with van der Waals surface area (Å²) in [7, 11) is 0. The van der Waals surface area contributed by atoms with Crippen LogP contribution in [-0.2, 0) is 9.59 Å². The molecular formula is C24H30CaN4O6. The van der Waals surface area contributed by atoms with Gasteiger partial charge in [-0.3, -0.25) is 20.2 Å². The van der Waals surface area contributed by atoms with Crippen LogP contribution in [0.5, 0.6) is 0 Å². The summed E-state index contributed by atoms with van der Waals surface area (Å²) in [5.74, 6) is -2.25. The average molecular weight is 511 g/mol. The minimum absolute atomic E-state index is 0. The molecule has 2 unspecified atom stereocenters. The van der Waals surface area contributed by atoms with E-state index in [1.54, 1.807) is 13.8 Å². The number of nitrogens with zero attached hydrogens (tertiary/aromatic N) is 2. The topological polar surface area (TPSA) is 163 Å². The molecule has 0 aromatic rings. The summed E-state index contributed by atoms with van der Waals surface area (Å²) in [6.45, 7) is 3.55. The van der Waals surface area contributed by atoms with E-state index < -0.39 is 46.5 Å². The van der Waals surface area contributed by atoms with E-state index in [-0.39, 0.29) is 37.7 Å². The van der Waals surface area contributed by atoms with E-state index >= 15 is 0 Å². The number of carbonyl (C=O) groups is 4. The predicted octanol–water partition coefficient (Wildman–Crippen LogP) is 1.40. The van der Waals surface area contributed by atoms with Crippen molar-refractivity contribution in [3.63, 3.8) is 0 Å². The van der Waals surface area contributed by atoms with E-state index in [2.05, 4.69) is 20.6 Å². The molecule has 184 valence electrons. The zero-order chi connectivity index (χ0) is 24.9. The molecule has 4 rings (SSSR count). The van der Waals surface area contributed by atoms with Gasteiger partial charge in [0.1, 0.15) is 0 Å². The van der Waals surface area contributed by atoms with Gasteiger partial charge in [0.2, 0.25) is 11.8 Å². The van der Waals surface area contributed by atoms with Gasteiger partial charge in [0.15, 0.2) is 0 Å². The Labute approximate surface area is 234 Å². The van der Waals surface area contributed by atoms with Gasteiger partial charge in [-0.05, 0) is 76.0 Å². The van der Waals surface area contributed by atoms with Crippen LogP contribution < -0.4 is 20.8 Å². The molecule has 6 amide bonds. The number of hydrogen-bond donors (Lipinski definition) is 2. The second-order valence-corrected chi connectivity index (χ2v) is 8.82. The smallest absolute Gasteiger partial charge is 0.861 e. The minimum Gasteiger partial charge on any atom is -0.861 e. The van der Waals surface area contributed by atoms with Crippen molar-refractivity contribution in [1.82, 2.24) is 10.6 Å². The zero-order valence-corrected chi connectivity index (χ0v) is 22.5. The van der Waals surface area contributed by atoms with Crippen LogP contribution in [0, 0.1) is 10.8 Å². The molecule has 0 bridgehead atoms. The van der Waals surface area contributed by atoms with Gasteiger partial charge in [-0.1, -0.05) is 37.1 Å². The van der Waals surface area contributed by atoms with E-state index in [4.69, 9.17) is 0 Å². The Morgan fingerprint density at radius 2 is 1.11 bits per heavy atom. The fraction of sp³-hybridized carbons (Fsp3) is 0.583. The second-order valence-electron chi connectivity index (χ2n) is 8.82. The van der Waals surface area contributed by atoms with Crippen LogP contribution in [-0.4, -0.2) is 73.4 Å². The molecule has 0 aromatic heterocycles. The van der Waals surface area contributed by atoms with Crippen molar-refractivity contribution >= 4 is 73.4 Å². The van der Waals surface area contributed by atoms with Gasteiger partial charge in [-0.25, -0.2) is 19.6 Å². The largest absolute Gasteiger partial charge is 2.00 e. The summed E-state index contributed by atoms with van der Waals surface area (Å²) in [5, 5.41) is 28.2. The van der Waals surface area contributed by atoms with Crippen molar-refractivity contribution in [2.24, 2.45) is 20.8 Å². The third-order valence-electron chi connectivity index (χ3n) is 7.09. The second kappa shape index (κ2) is 12.3. The Balaban J connectivity index is 0.000000240. The van der Waals surface area contributed by atoms with Crippen LogP contribution in [0.1, 0.15) is 78.1 Å². The van der Waals surface area contributed by atoms with Crippen LogP contribution in [0.3, 0.4) is 0 Å². The van der Waals surface area contributed by atoms with E-state index in [9.17, 15) is 29.4 Å². The molecule has 2 aliphatic carbocycles. The Bertz CT molecular complexity index is 937. The van der Waals surface area contributed by atoms with Crippen molar-refractivity contribution in [1.29, 1.82) is 0 Å². The first-order chi connectivity index (χ1) is 16.2. The van der Waals surface area contributed by atoms with Crippen LogP contribution in [0.4, 0.5) is 9.59 Å². The third kappa shape index (κ3) is 5.54. The Morgan fingerprint density at radius 3 is 1.37 bits per heavy atom. The van der Waals surface area contributed by atoms with Crippen LogP contribution in [0.2, 0.25) is 0 Å². The number of imide groups is 2. The maximum Gasteiger partial charge on any atom is 2.00 e. The quantitative estimate of drug-likeness (QED) is 0.429. The van der Waals surface area contributed by atoms with E-state index in [1.807, 2.05) is 12.2 Å². The van der Waals surface area contributed by atoms with Crippen LogP contribution >= 0.6 is 0 Å². The molecule has 2 heterocycles. The molecule has 0 saturated carbocycles. The number of rotatable bonds is 4. The number of amides is 6. The van der Waals surface area contributed by atoms with Crippen LogP contribution in [0.25, 0.3) is 0 Å². The summed E-state index contributed by atoms with van der Waals surface area (Å²) in [5.41, 5.74) is -0.808. The van der Waals surface area contributed by atoms with Crippen molar-refractivity contribution in [3.8, 4) is 0 Å². The molecule has 0 aromatic carbocycles. The number of nitrogens with one attached hydrogen (secondary N) is 2. The van der Waals surface area contributed by atoms with Gasteiger partial charge >= 0.3 is 49.8 Å².